The van der Waals surface area contributed by atoms with Crippen molar-refractivity contribution >= 4 is 0 Å². The van der Waals surface area contributed by atoms with Crippen LogP contribution in [0.1, 0.15) is 25.3 Å². The first kappa shape index (κ1) is 18.5. The lowest BCUT2D eigenvalue weighted by atomic mass is 9.89. The van der Waals surface area contributed by atoms with Gasteiger partial charge in [0.05, 0.1) is 32.5 Å². The molecule has 0 aliphatic carbocycles. The fourth-order valence-electron chi connectivity index (χ4n) is 3.36. The quantitative estimate of drug-likeness (QED) is 0.882. The molecule has 5 nitrogen and oxygen atoms in total. The van der Waals surface area contributed by atoms with E-state index in [0.717, 1.165) is 33.9 Å². The average Bonchev–Trinajstić information content (AvgIpc) is 2.70. The summed E-state index contributed by atoms with van der Waals surface area (Å²) in [5.41, 5.74) is 1.75. The largest absolute Gasteiger partial charge is 0.497 e. The minimum absolute atomic E-state index is 0.339. The van der Waals surface area contributed by atoms with Gasteiger partial charge in [-0.1, -0.05) is 12.1 Å². The molecule has 140 valence electrons. The first-order valence-electron chi connectivity index (χ1n) is 8.84. The molecule has 2 aromatic rings. The summed E-state index contributed by atoms with van der Waals surface area (Å²) in [6.45, 7) is 1.99. The van der Waals surface area contributed by atoms with E-state index in [1.807, 2.05) is 36.4 Å². The molecule has 2 aromatic carbocycles. The van der Waals surface area contributed by atoms with E-state index in [2.05, 4.69) is 0 Å². The van der Waals surface area contributed by atoms with Crippen LogP contribution in [-0.2, 0) is 6.42 Å². The highest BCUT2D eigenvalue weighted by atomic mass is 16.5. The zero-order valence-corrected chi connectivity index (χ0v) is 15.5. The zero-order chi connectivity index (χ0) is 18.7. The van der Waals surface area contributed by atoms with Crippen molar-refractivity contribution in [2.45, 2.75) is 37.9 Å². The van der Waals surface area contributed by atoms with Crippen LogP contribution in [0.2, 0.25) is 0 Å². The molecule has 26 heavy (non-hydrogen) atoms. The van der Waals surface area contributed by atoms with Crippen LogP contribution in [0.4, 0.5) is 0 Å². The Labute approximate surface area is 154 Å². The van der Waals surface area contributed by atoms with Gasteiger partial charge in [0, 0.05) is 17.5 Å². The maximum absolute atomic E-state index is 10.4. The summed E-state index contributed by atoms with van der Waals surface area (Å²) in [7, 11) is 3.28. The fourth-order valence-corrected chi connectivity index (χ4v) is 3.36. The standard InChI is InChI=1S/C21H26O5/c1-21(23)12-13-26-17-9-10-18(25-3)20(16(17)8-11-19(21)22)14-4-6-15(24-2)7-5-14/h4-7,9-10,19,22-23H,8,11-13H2,1-3H3/t19-,21+/m0/s1. The minimum atomic E-state index is -1.16. The van der Waals surface area contributed by atoms with Gasteiger partial charge >= 0.3 is 0 Å². The fraction of sp³-hybridized carbons (Fsp3) is 0.429. The molecule has 0 amide bonds. The van der Waals surface area contributed by atoms with E-state index < -0.39 is 11.7 Å². The maximum Gasteiger partial charge on any atom is 0.127 e. The van der Waals surface area contributed by atoms with Gasteiger partial charge in [-0.15, -0.1) is 0 Å². The highest BCUT2D eigenvalue weighted by molar-refractivity contribution is 5.77. The topological polar surface area (TPSA) is 68.2 Å². The third-order valence-corrected chi connectivity index (χ3v) is 5.08. The molecule has 0 spiro atoms. The van der Waals surface area contributed by atoms with E-state index in [-0.39, 0.29) is 0 Å². The Morgan fingerprint density at radius 1 is 1.08 bits per heavy atom. The Morgan fingerprint density at radius 3 is 2.46 bits per heavy atom. The van der Waals surface area contributed by atoms with Gasteiger partial charge in [-0.25, -0.2) is 0 Å². The minimum Gasteiger partial charge on any atom is -0.497 e. The van der Waals surface area contributed by atoms with Crippen LogP contribution in [0.15, 0.2) is 36.4 Å². The Balaban J connectivity index is 2.08. The highest BCUT2D eigenvalue weighted by Crippen LogP contribution is 2.41. The van der Waals surface area contributed by atoms with E-state index in [0.29, 0.717) is 25.9 Å². The summed E-state index contributed by atoms with van der Waals surface area (Å²) in [6, 6.07) is 11.6. The predicted octanol–water partition coefficient (Wildman–Crippen LogP) is 3.20. The normalized spacial score (nSPS) is 23.0. The number of fused-ring (bicyclic) bond motifs is 1. The van der Waals surface area contributed by atoms with Gasteiger partial charge in [0.1, 0.15) is 17.2 Å². The van der Waals surface area contributed by atoms with Gasteiger partial charge in [0.15, 0.2) is 0 Å². The molecule has 0 bridgehead atoms. The summed E-state index contributed by atoms with van der Waals surface area (Å²) < 4.78 is 16.8. The van der Waals surface area contributed by atoms with Crippen molar-refractivity contribution < 1.29 is 24.4 Å². The predicted molar refractivity (Wildman–Crippen MR) is 100 cm³/mol. The van der Waals surface area contributed by atoms with Gasteiger partial charge < -0.3 is 24.4 Å². The molecule has 2 atom stereocenters. The molecular weight excluding hydrogens is 332 g/mol. The molecule has 2 N–H and O–H groups in total. The summed E-state index contributed by atoms with van der Waals surface area (Å²) >= 11 is 0. The number of benzene rings is 2. The smallest absolute Gasteiger partial charge is 0.127 e. The van der Waals surface area contributed by atoms with E-state index in [4.69, 9.17) is 14.2 Å². The van der Waals surface area contributed by atoms with Crippen molar-refractivity contribution in [3.63, 3.8) is 0 Å². The summed E-state index contributed by atoms with van der Waals surface area (Å²) in [5.74, 6) is 2.30. The van der Waals surface area contributed by atoms with E-state index in [1.165, 1.54) is 0 Å². The lowest BCUT2D eigenvalue weighted by Crippen LogP contribution is -2.40. The second kappa shape index (κ2) is 7.56. The zero-order valence-electron chi connectivity index (χ0n) is 15.5. The van der Waals surface area contributed by atoms with Gasteiger partial charge in [0.2, 0.25) is 0 Å². The number of aliphatic hydroxyl groups is 2. The van der Waals surface area contributed by atoms with Gasteiger partial charge in [-0.3, -0.25) is 0 Å². The summed E-state index contributed by atoms with van der Waals surface area (Å²) in [6.07, 6.45) is 0.578. The molecule has 0 aromatic heterocycles. The van der Waals surface area contributed by atoms with Crippen LogP contribution < -0.4 is 14.2 Å². The number of methoxy groups -OCH3 is 2. The maximum atomic E-state index is 10.4. The third kappa shape index (κ3) is 3.64. The SMILES string of the molecule is COc1ccc(-c2c(OC)ccc3c2CC[C@H](O)[C@](C)(O)CCO3)cc1. The summed E-state index contributed by atoms with van der Waals surface area (Å²) in [5, 5.41) is 20.8. The van der Waals surface area contributed by atoms with Crippen molar-refractivity contribution in [2.24, 2.45) is 0 Å². The van der Waals surface area contributed by atoms with Crippen molar-refractivity contribution in [1.82, 2.24) is 0 Å². The summed E-state index contributed by atoms with van der Waals surface area (Å²) in [4.78, 5) is 0. The molecule has 1 heterocycles. The first-order chi connectivity index (χ1) is 12.5. The van der Waals surface area contributed by atoms with E-state index in [1.54, 1.807) is 21.1 Å². The van der Waals surface area contributed by atoms with Crippen molar-refractivity contribution in [3.8, 4) is 28.4 Å². The van der Waals surface area contributed by atoms with Gasteiger partial charge in [-0.05, 0) is 49.6 Å². The van der Waals surface area contributed by atoms with Crippen LogP contribution in [0.3, 0.4) is 0 Å². The number of hydrogen-bond donors (Lipinski definition) is 2. The lowest BCUT2D eigenvalue weighted by molar-refractivity contribution is -0.0739. The van der Waals surface area contributed by atoms with Crippen LogP contribution in [0, 0.1) is 0 Å². The number of rotatable bonds is 3. The second-order valence-corrected chi connectivity index (χ2v) is 6.86. The monoisotopic (exact) mass is 358 g/mol. The Morgan fingerprint density at radius 2 is 1.81 bits per heavy atom. The molecule has 5 heteroatoms. The van der Waals surface area contributed by atoms with Crippen LogP contribution in [0.25, 0.3) is 11.1 Å². The van der Waals surface area contributed by atoms with Crippen LogP contribution in [-0.4, -0.2) is 42.7 Å². The molecule has 1 aliphatic rings. The van der Waals surface area contributed by atoms with Crippen molar-refractivity contribution in [3.05, 3.63) is 42.0 Å². The Bertz CT molecular complexity index is 752. The molecule has 0 unspecified atom stereocenters. The second-order valence-electron chi connectivity index (χ2n) is 6.86. The van der Waals surface area contributed by atoms with Crippen LogP contribution in [0.5, 0.6) is 17.2 Å². The van der Waals surface area contributed by atoms with Crippen LogP contribution >= 0.6 is 0 Å². The third-order valence-electron chi connectivity index (χ3n) is 5.08. The van der Waals surface area contributed by atoms with Gasteiger partial charge in [-0.2, -0.15) is 0 Å². The number of hydrogen-bond acceptors (Lipinski definition) is 5. The Kier molecular flexibility index (Phi) is 5.39. The Hall–Kier alpha value is -2.24. The molecule has 0 radical (unpaired) electrons. The van der Waals surface area contributed by atoms with Gasteiger partial charge in [0.25, 0.3) is 0 Å². The number of aliphatic hydroxyl groups excluding tert-OH is 1. The van der Waals surface area contributed by atoms with E-state index >= 15 is 0 Å². The number of ether oxygens (including phenoxy) is 3. The molecule has 0 saturated carbocycles. The molecule has 1 aliphatic heterocycles. The highest BCUT2D eigenvalue weighted by Gasteiger charge is 2.32. The van der Waals surface area contributed by atoms with Crippen molar-refractivity contribution in [2.75, 3.05) is 20.8 Å². The first-order valence-corrected chi connectivity index (χ1v) is 8.84. The molecule has 3 rings (SSSR count). The molecule has 0 saturated heterocycles. The lowest BCUT2D eigenvalue weighted by Gasteiger charge is -2.28. The average molecular weight is 358 g/mol. The van der Waals surface area contributed by atoms with Crippen molar-refractivity contribution in [1.29, 1.82) is 0 Å². The molecular formula is C21H26O5. The molecule has 0 fully saturated rings. The van der Waals surface area contributed by atoms with E-state index in [9.17, 15) is 10.2 Å².